The molecule has 0 bridgehead atoms. The van der Waals surface area contributed by atoms with Crippen molar-refractivity contribution >= 4 is 29.9 Å². The van der Waals surface area contributed by atoms with Gasteiger partial charge in [-0.3, -0.25) is 4.99 Å². The van der Waals surface area contributed by atoms with E-state index in [2.05, 4.69) is 40.7 Å². The van der Waals surface area contributed by atoms with Crippen LogP contribution in [-0.4, -0.2) is 52.1 Å². The molecule has 1 aromatic carbocycles. The van der Waals surface area contributed by atoms with Crippen molar-refractivity contribution in [2.75, 3.05) is 40.0 Å². The number of hydrogen-bond acceptors (Lipinski definition) is 4. The number of hydrogen-bond donors (Lipinski definition) is 2. The molecular weight excluding hydrogens is 493 g/mol. The molecule has 2 aliphatic rings. The van der Waals surface area contributed by atoms with E-state index in [1.165, 1.54) is 36.8 Å². The van der Waals surface area contributed by atoms with Crippen molar-refractivity contribution in [1.82, 2.24) is 10.6 Å². The molecular formula is C23H38IN3O3. The highest BCUT2D eigenvalue weighted by atomic mass is 127. The van der Waals surface area contributed by atoms with Crippen molar-refractivity contribution < 1.29 is 14.2 Å². The van der Waals surface area contributed by atoms with Crippen molar-refractivity contribution in [3.63, 3.8) is 0 Å². The molecule has 2 N–H and O–H groups in total. The molecule has 30 heavy (non-hydrogen) atoms. The number of nitrogens with zero attached hydrogens (tertiary/aromatic N) is 1. The average Bonchev–Trinajstić information content (AvgIpc) is 3.42. The minimum Gasteiger partial charge on any atom is -0.490 e. The van der Waals surface area contributed by atoms with Crippen LogP contribution in [0.1, 0.15) is 49.7 Å². The number of halogens is 1. The van der Waals surface area contributed by atoms with Crippen LogP contribution in [0, 0.1) is 12.8 Å². The van der Waals surface area contributed by atoms with Crippen molar-refractivity contribution in [1.29, 1.82) is 0 Å². The maximum Gasteiger partial charge on any atom is 0.191 e. The zero-order valence-corrected chi connectivity index (χ0v) is 20.8. The van der Waals surface area contributed by atoms with Crippen LogP contribution in [0.4, 0.5) is 0 Å². The molecule has 1 unspecified atom stereocenters. The number of guanidine groups is 1. The van der Waals surface area contributed by atoms with Gasteiger partial charge < -0.3 is 24.8 Å². The van der Waals surface area contributed by atoms with Gasteiger partial charge in [0.05, 0.1) is 19.3 Å². The molecule has 6 nitrogen and oxygen atoms in total. The van der Waals surface area contributed by atoms with Gasteiger partial charge in [-0.25, -0.2) is 0 Å². The van der Waals surface area contributed by atoms with Crippen molar-refractivity contribution in [3.8, 4) is 5.75 Å². The molecule has 1 atom stereocenters. The average molecular weight is 531 g/mol. The first-order valence-corrected chi connectivity index (χ1v) is 11.1. The molecule has 1 aliphatic heterocycles. The molecule has 2 fully saturated rings. The number of benzene rings is 1. The summed E-state index contributed by atoms with van der Waals surface area (Å²) in [5.41, 5.74) is 2.40. The molecule has 1 heterocycles. The number of aliphatic imine (C=N–C) groups is 1. The summed E-state index contributed by atoms with van der Waals surface area (Å²) in [5, 5.41) is 6.77. The standard InChI is InChI=1S/C23H37N3O3.HI/c1-18-8-9-20(22(14-18)29-21-6-3-4-7-21)15-26-23(24-2)25-11-5-12-27-16-19-10-13-28-17-19;/h8-9,14,19,21H,3-7,10-13,15-17H2,1-2H3,(H2,24,25,26);1H. The number of aryl methyl sites for hydroxylation is 1. The summed E-state index contributed by atoms with van der Waals surface area (Å²) < 4.78 is 17.4. The monoisotopic (exact) mass is 531 g/mol. The lowest BCUT2D eigenvalue weighted by Gasteiger charge is -2.18. The molecule has 0 radical (unpaired) electrons. The normalized spacial score (nSPS) is 19.5. The maximum atomic E-state index is 6.30. The van der Waals surface area contributed by atoms with Gasteiger partial charge in [-0.2, -0.15) is 0 Å². The van der Waals surface area contributed by atoms with Gasteiger partial charge in [0.25, 0.3) is 0 Å². The lowest BCUT2D eigenvalue weighted by Crippen LogP contribution is -2.37. The highest BCUT2D eigenvalue weighted by Gasteiger charge is 2.18. The first-order valence-electron chi connectivity index (χ1n) is 11.1. The van der Waals surface area contributed by atoms with E-state index in [0.717, 1.165) is 57.5 Å². The Bertz CT molecular complexity index is 645. The highest BCUT2D eigenvalue weighted by molar-refractivity contribution is 14.0. The topological polar surface area (TPSA) is 64.1 Å². The summed E-state index contributed by atoms with van der Waals surface area (Å²) in [6, 6.07) is 6.44. The lowest BCUT2D eigenvalue weighted by molar-refractivity contribution is 0.0888. The van der Waals surface area contributed by atoms with E-state index in [9.17, 15) is 0 Å². The third-order valence-electron chi connectivity index (χ3n) is 5.62. The van der Waals surface area contributed by atoms with Gasteiger partial charge in [-0.05, 0) is 57.1 Å². The Morgan fingerprint density at radius 2 is 2.03 bits per heavy atom. The van der Waals surface area contributed by atoms with Crippen LogP contribution < -0.4 is 15.4 Å². The zero-order valence-electron chi connectivity index (χ0n) is 18.5. The molecule has 0 aromatic heterocycles. The van der Waals surface area contributed by atoms with E-state index in [1.807, 2.05) is 0 Å². The van der Waals surface area contributed by atoms with Gasteiger partial charge in [0.1, 0.15) is 5.75 Å². The third-order valence-corrected chi connectivity index (χ3v) is 5.62. The Morgan fingerprint density at radius 1 is 1.20 bits per heavy atom. The Morgan fingerprint density at radius 3 is 2.77 bits per heavy atom. The van der Waals surface area contributed by atoms with Crippen LogP contribution >= 0.6 is 24.0 Å². The summed E-state index contributed by atoms with van der Waals surface area (Å²) in [4.78, 5) is 4.33. The van der Waals surface area contributed by atoms with Crippen LogP contribution in [-0.2, 0) is 16.0 Å². The lowest BCUT2D eigenvalue weighted by atomic mass is 10.1. The molecule has 7 heteroatoms. The largest absolute Gasteiger partial charge is 0.490 e. The summed E-state index contributed by atoms with van der Waals surface area (Å²) in [5.74, 6) is 2.39. The van der Waals surface area contributed by atoms with Gasteiger partial charge in [-0.1, -0.05) is 12.1 Å². The smallest absolute Gasteiger partial charge is 0.191 e. The highest BCUT2D eigenvalue weighted by Crippen LogP contribution is 2.27. The molecule has 0 spiro atoms. The Balaban J connectivity index is 0.00000320. The molecule has 3 rings (SSSR count). The summed E-state index contributed by atoms with van der Waals surface area (Å²) >= 11 is 0. The SMILES string of the molecule is CN=C(NCCCOCC1CCOC1)NCc1ccc(C)cc1OC1CCCC1.I. The fraction of sp³-hybridized carbons (Fsp3) is 0.696. The molecule has 0 amide bonds. The first kappa shape index (κ1) is 25.2. The van der Waals surface area contributed by atoms with Crippen molar-refractivity contribution in [2.45, 2.75) is 58.1 Å². The summed E-state index contributed by atoms with van der Waals surface area (Å²) in [6.07, 6.45) is 7.33. The molecule has 1 saturated carbocycles. The van der Waals surface area contributed by atoms with Gasteiger partial charge in [0, 0.05) is 44.8 Å². The van der Waals surface area contributed by atoms with Gasteiger partial charge in [0.15, 0.2) is 5.96 Å². The van der Waals surface area contributed by atoms with Gasteiger partial charge in [0.2, 0.25) is 0 Å². The van der Waals surface area contributed by atoms with Crippen LogP contribution in [0.3, 0.4) is 0 Å². The maximum absolute atomic E-state index is 6.30. The minimum absolute atomic E-state index is 0. The molecule has 1 aromatic rings. The summed E-state index contributed by atoms with van der Waals surface area (Å²) in [7, 11) is 1.80. The number of rotatable bonds is 10. The summed E-state index contributed by atoms with van der Waals surface area (Å²) in [6.45, 7) is 6.94. The van der Waals surface area contributed by atoms with E-state index in [4.69, 9.17) is 14.2 Å². The van der Waals surface area contributed by atoms with E-state index >= 15 is 0 Å². The van der Waals surface area contributed by atoms with Crippen LogP contribution in [0.25, 0.3) is 0 Å². The van der Waals surface area contributed by atoms with E-state index in [1.54, 1.807) is 7.05 Å². The van der Waals surface area contributed by atoms with Crippen LogP contribution in [0.15, 0.2) is 23.2 Å². The molecule has 170 valence electrons. The van der Waals surface area contributed by atoms with E-state index in [-0.39, 0.29) is 24.0 Å². The number of ether oxygens (including phenoxy) is 3. The predicted molar refractivity (Wildman–Crippen MR) is 132 cm³/mol. The van der Waals surface area contributed by atoms with Crippen molar-refractivity contribution in [2.24, 2.45) is 10.9 Å². The third kappa shape index (κ3) is 8.59. The second kappa shape index (κ2) is 14.1. The quantitative estimate of drug-likeness (QED) is 0.207. The predicted octanol–water partition coefficient (Wildman–Crippen LogP) is 4.04. The second-order valence-electron chi connectivity index (χ2n) is 8.15. The van der Waals surface area contributed by atoms with Crippen LogP contribution in [0.2, 0.25) is 0 Å². The van der Waals surface area contributed by atoms with E-state index < -0.39 is 0 Å². The Labute approximate surface area is 198 Å². The molecule has 1 aliphatic carbocycles. The van der Waals surface area contributed by atoms with Crippen LogP contribution in [0.5, 0.6) is 5.75 Å². The Kier molecular flexibility index (Phi) is 11.8. The second-order valence-corrected chi connectivity index (χ2v) is 8.15. The van der Waals surface area contributed by atoms with Gasteiger partial charge >= 0.3 is 0 Å². The molecule has 1 saturated heterocycles. The minimum atomic E-state index is 0. The Hall–Kier alpha value is -1.06. The first-order chi connectivity index (χ1) is 14.2. The fourth-order valence-electron chi connectivity index (χ4n) is 3.85. The van der Waals surface area contributed by atoms with E-state index in [0.29, 0.717) is 18.6 Å². The zero-order chi connectivity index (χ0) is 20.3. The number of nitrogens with one attached hydrogen (secondary N) is 2. The van der Waals surface area contributed by atoms with Crippen molar-refractivity contribution in [3.05, 3.63) is 29.3 Å². The fourth-order valence-corrected chi connectivity index (χ4v) is 3.85. The van der Waals surface area contributed by atoms with Gasteiger partial charge in [-0.15, -0.1) is 24.0 Å².